The molecule has 0 fully saturated rings. The van der Waals surface area contributed by atoms with E-state index in [-0.39, 0.29) is 19.2 Å². The quantitative estimate of drug-likeness (QED) is 0.540. The third-order valence-electron chi connectivity index (χ3n) is 4.00. The number of carbonyl (C=O) groups excluding carboxylic acids is 2. The van der Waals surface area contributed by atoms with Gasteiger partial charge in [-0.2, -0.15) is 0 Å². The van der Waals surface area contributed by atoms with E-state index in [9.17, 15) is 9.59 Å². The summed E-state index contributed by atoms with van der Waals surface area (Å²) in [7, 11) is 0. The van der Waals surface area contributed by atoms with Gasteiger partial charge in [-0.3, -0.25) is 0 Å². The van der Waals surface area contributed by atoms with Crippen LogP contribution in [0.4, 0.5) is 4.79 Å². The van der Waals surface area contributed by atoms with Crippen molar-refractivity contribution in [2.45, 2.75) is 13.0 Å². The van der Waals surface area contributed by atoms with Crippen molar-refractivity contribution in [3.63, 3.8) is 0 Å². The molecule has 1 aliphatic heterocycles. The van der Waals surface area contributed by atoms with Crippen molar-refractivity contribution in [3.05, 3.63) is 75.9 Å². The normalized spacial score (nSPS) is 16.4. The molecule has 1 atom stereocenters. The Morgan fingerprint density at radius 3 is 2.63 bits per heavy atom. The fourth-order valence-electron chi connectivity index (χ4n) is 2.79. The first-order valence-electron chi connectivity index (χ1n) is 8.43. The van der Waals surface area contributed by atoms with Crippen molar-refractivity contribution >= 4 is 27.9 Å². The number of amides is 2. The summed E-state index contributed by atoms with van der Waals surface area (Å²) in [6.45, 7) is 2.02. The first-order chi connectivity index (χ1) is 13.0. The molecule has 0 saturated carbocycles. The zero-order chi connectivity index (χ0) is 19.2. The highest BCUT2D eigenvalue weighted by atomic mass is 79.9. The lowest BCUT2D eigenvalue weighted by molar-refractivity contribution is -0.140. The first-order valence-corrected chi connectivity index (χ1v) is 9.22. The van der Waals surface area contributed by atoms with Crippen LogP contribution in [0.5, 0.6) is 5.75 Å². The molecule has 0 aliphatic carbocycles. The van der Waals surface area contributed by atoms with Crippen LogP contribution in [-0.4, -0.2) is 25.2 Å². The highest BCUT2D eigenvalue weighted by Gasteiger charge is 2.32. The highest BCUT2D eigenvalue weighted by Crippen LogP contribution is 2.29. The van der Waals surface area contributed by atoms with Crippen molar-refractivity contribution in [1.82, 2.24) is 10.6 Å². The van der Waals surface area contributed by atoms with E-state index in [0.717, 1.165) is 10.0 Å². The topological polar surface area (TPSA) is 76.7 Å². The number of esters is 1. The molecule has 2 aromatic rings. The Kier molecular flexibility index (Phi) is 6.13. The summed E-state index contributed by atoms with van der Waals surface area (Å²) in [6.07, 6.45) is 0. The Balaban J connectivity index is 1.68. The van der Waals surface area contributed by atoms with Crippen LogP contribution in [0.15, 0.2) is 70.3 Å². The van der Waals surface area contributed by atoms with Gasteiger partial charge in [-0.05, 0) is 36.8 Å². The number of nitrogens with one attached hydrogen (secondary N) is 2. The lowest BCUT2D eigenvalue weighted by Crippen LogP contribution is -2.45. The van der Waals surface area contributed by atoms with Gasteiger partial charge in [0.1, 0.15) is 19.0 Å². The van der Waals surface area contributed by atoms with Crippen LogP contribution < -0.4 is 15.4 Å². The maximum Gasteiger partial charge on any atom is 0.338 e. The molecular formula is C20H19BrN2O4. The zero-order valence-corrected chi connectivity index (χ0v) is 16.3. The van der Waals surface area contributed by atoms with Crippen LogP contribution in [0.2, 0.25) is 0 Å². The second-order valence-electron chi connectivity index (χ2n) is 5.92. The molecule has 3 rings (SSSR count). The second kappa shape index (κ2) is 8.73. The number of hydrogen-bond donors (Lipinski definition) is 2. The van der Waals surface area contributed by atoms with E-state index in [1.54, 1.807) is 6.92 Å². The molecule has 2 N–H and O–H groups in total. The second-order valence-corrected chi connectivity index (χ2v) is 6.84. The maximum absolute atomic E-state index is 12.7. The van der Waals surface area contributed by atoms with E-state index in [1.807, 2.05) is 54.6 Å². The minimum absolute atomic E-state index is 0.101. The Morgan fingerprint density at radius 1 is 1.11 bits per heavy atom. The van der Waals surface area contributed by atoms with Gasteiger partial charge in [-0.25, -0.2) is 9.59 Å². The summed E-state index contributed by atoms with van der Waals surface area (Å²) in [4.78, 5) is 24.5. The summed E-state index contributed by atoms with van der Waals surface area (Å²) < 4.78 is 11.8. The molecule has 0 radical (unpaired) electrons. The maximum atomic E-state index is 12.7. The fraction of sp³-hybridized carbons (Fsp3) is 0.200. The third kappa shape index (κ3) is 4.89. The van der Waals surface area contributed by atoms with E-state index in [4.69, 9.17) is 9.47 Å². The van der Waals surface area contributed by atoms with E-state index in [2.05, 4.69) is 26.6 Å². The molecule has 0 saturated heterocycles. The van der Waals surface area contributed by atoms with Gasteiger partial charge >= 0.3 is 12.0 Å². The van der Waals surface area contributed by atoms with Crippen molar-refractivity contribution in [2.24, 2.45) is 0 Å². The minimum atomic E-state index is -0.584. The van der Waals surface area contributed by atoms with E-state index in [1.165, 1.54) is 0 Å². The van der Waals surface area contributed by atoms with Crippen LogP contribution in [0.1, 0.15) is 18.5 Å². The largest absolute Gasteiger partial charge is 0.490 e. The van der Waals surface area contributed by atoms with Crippen LogP contribution in [0.25, 0.3) is 0 Å². The molecule has 0 bridgehead atoms. The van der Waals surface area contributed by atoms with Crippen LogP contribution in [-0.2, 0) is 9.53 Å². The minimum Gasteiger partial charge on any atom is -0.490 e. The van der Waals surface area contributed by atoms with Crippen LogP contribution in [0, 0.1) is 0 Å². The van der Waals surface area contributed by atoms with E-state index in [0.29, 0.717) is 17.0 Å². The molecule has 140 valence electrons. The van der Waals surface area contributed by atoms with E-state index >= 15 is 0 Å². The number of allylic oxidation sites excluding steroid dienone is 1. The Morgan fingerprint density at radius 2 is 1.89 bits per heavy atom. The summed E-state index contributed by atoms with van der Waals surface area (Å²) in [5.41, 5.74) is 1.62. The van der Waals surface area contributed by atoms with Gasteiger partial charge in [-0.1, -0.05) is 46.3 Å². The fourth-order valence-corrected chi connectivity index (χ4v) is 3.21. The number of rotatable bonds is 6. The molecule has 27 heavy (non-hydrogen) atoms. The monoisotopic (exact) mass is 430 g/mol. The number of benzene rings is 2. The van der Waals surface area contributed by atoms with Gasteiger partial charge in [0.2, 0.25) is 0 Å². The third-order valence-corrected chi connectivity index (χ3v) is 4.49. The highest BCUT2D eigenvalue weighted by molar-refractivity contribution is 9.10. The van der Waals surface area contributed by atoms with Gasteiger partial charge in [0.15, 0.2) is 0 Å². The molecule has 2 amide bonds. The van der Waals surface area contributed by atoms with Crippen LogP contribution in [0.3, 0.4) is 0 Å². The Bertz CT molecular complexity index is 867. The van der Waals surface area contributed by atoms with Crippen molar-refractivity contribution in [3.8, 4) is 5.75 Å². The lowest BCUT2D eigenvalue weighted by Gasteiger charge is -2.28. The molecular weight excluding hydrogens is 412 g/mol. The van der Waals surface area contributed by atoms with Crippen molar-refractivity contribution in [2.75, 3.05) is 13.2 Å². The molecule has 7 heteroatoms. The zero-order valence-electron chi connectivity index (χ0n) is 14.7. The average Bonchev–Trinajstić information content (AvgIpc) is 2.65. The lowest BCUT2D eigenvalue weighted by atomic mass is 9.96. The molecule has 2 aromatic carbocycles. The van der Waals surface area contributed by atoms with Crippen molar-refractivity contribution < 1.29 is 19.1 Å². The standard InChI is InChI=1S/C20H19BrN2O4/c1-13-17(19(24)27-11-10-26-16-8-3-2-4-9-16)18(23-20(25)22-13)14-6-5-7-15(21)12-14/h2-9,12,18H,10-11H2,1H3,(H2,22,23,25)/t18-/m1/s1. The number of halogens is 1. The number of para-hydroxylation sites is 1. The molecule has 1 aliphatic rings. The summed E-state index contributed by atoms with van der Waals surface area (Å²) in [5.74, 6) is 0.212. The summed E-state index contributed by atoms with van der Waals surface area (Å²) in [5, 5.41) is 5.40. The van der Waals surface area contributed by atoms with Gasteiger partial charge < -0.3 is 20.1 Å². The Hall–Kier alpha value is -2.80. The number of ether oxygens (including phenoxy) is 2. The Labute approximate surface area is 165 Å². The first kappa shape index (κ1) is 19.0. The van der Waals surface area contributed by atoms with E-state index < -0.39 is 12.0 Å². The van der Waals surface area contributed by atoms with Crippen molar-refractivity contribution in [1.29, 1.82) is 0 Å². The van der Waals surface area contributed by atoms with Gasteiger partial charge in [0, 0.05) is 10.2 Å². The van der Waals surface area contributed by atoms with Gasteiger partial charge in [0.05, 0.1) is 11.6 Å². The SMILES string of the molecule is CC1=C(C(=O)OCCOc2ccccc2)[C@@H](c2cccc(Br)c2)NC(=O)N1. The summed E-state index contributed by atoms with van der Waals surface area (Å²) in [6, 6.07) is 15.8. The van der Waals surface area contributed by atoms with Gasteiger partial charge in [0.25, 0.3) is 0 Å². The number of hydrogen-bond acceptors (Lipinski definition) is 4. The number of urea groups is 1. The summed E-state index contributed by atoms with van der Waals surface area (Å²) >= 11 is 3.41. The molecule has 0 aromatic heterocycles. The van der Waals surface area contributed by atoms with Gasteiger partial charge in [-0.15, -0.1) is 0 Å². The number of carbonyl (C=O) groups is 2. The predicted molar refractivity (Wildman–Crippen MR) is 104 cm³/mol. The molecule has 1 heterocycles. The molecule has 6 nitrogen and oxygen atoms in total. The molecule has 0 unspecified atom stereocenters. The van der Waals surface area contributed by atoms with Crippen LogP contribution >= 0.6 is 15.9 Å². The average molecular weight is 431 g/mol. The smallest absolute Gasteiger partial charge is 0.338 e. The molecule has 0 spiro atoms. The predicted octanol–water partition coefficient (Wildman–Crippen LogP) is 3.70.